The third-order valence-corrected chi connectivity index (χ3v) is 6.04. The summed E-state index contributed by atoms with van der Waals surface area (Å²) >= 11 is 0. The van der Waals surface area contributed by atoms with Crippen molar-refractivity contribution >= 4 is 22.5 Å². The molecule has 0 N–H and O–H groups in total. The van der Waals surface area contributed by atoms with E-state index in [0.29, 0.717) is 12.5 Å². The second kappa shape index (κ2) is 8.07. The first kappa shape index (κ1) is 19.1. The van der Waals surface area contributed by atoms with Crippen molar-refractivity contribution in [1.82, 2.24) is 9.88 Å². The van der Waals surface area contributed by atoms with Crippen molar-refractivity contribution in [2.75, 3.05) is 38.3 Å². The Labute approximate surface area is 177 Å². The zero-order chi connectivity index (χ0) is 20.5. The number of amides is 1. The molecule has 2 heterocycles. The van der Waals surface area contributed by atoms with Gasteiger partial charge in [0.2, 0.25) is 0 Å². The molecular weight excluding hydrogens is 374 g/mol. The van der Waals surface area contributed by atoms with Crippen LogP contribution in [0.2, 0.25) is 0 Å². The van der Waals surface area contributed by atoms with Crippen LogP contribution in [0.25, 0.3) is 10.9 Å². The number of pyridine rings is 1. The van der Waals surface area contributed by atoms with Crippen LogP contribution < -0.4 is 4.90 Å². The number of nitrogens with zero attached hydrogens (tertiary/aromatic N) is 3. The van der Waals surface area contributed by atoms with Crippen LogP contribution in [0.5, 0.6) is 0 Å². The highest BCUT2D eigenvalue weighted by atomic mass is 16.5. The van der Waals surface area contributed by atoms with E-state index in [0.717, 1.165) is 54.0 Å². The molecule has 1 saturated heterocycles. The summed E-state index contributed by atoms with van der Waals surface area (Å²) < 4.78 is 5.43. The predicted octanol–water partition coefficient (Wildman–Crippen LogP) is 4.22. The van der Waals surface area contributed by atoms with E-state index in [9.17, 15) is 4.79 Å². The standard InChI is InChI=1S/C25H27N3O2/c1-27(17-18-6-10-20(11-7-18)28-12-14-30-15-13-28)25(29)22-16-24(19-8-9-19)26-23-5-3-2-4-21(22)23/h2-7,10-11,16,19H,8-9,12-15,17H2,1H3. The summed E-state index contributed by atoms with van der Waals surface area (Å²) in [5, 5.41) is 0.932. The van der Waals surface area contributed by atoms with E-state index < -0.39 is 0 Å². The summed E-state index contributed by atoms with van der Waals surface area (Å²) in [4.78, 5) is 22.3. The molecule has 1 aromatic heterocycles. The number of para-hydroxylation sites is 1. The molecule has 154 valence electrons. The molecule has 0 unspecified atom stereocenters. The van der Waals surface area contributed by atoms with Gasteiger partial charge in [0.25, 0.3) is 5.91 Å². The predicted molar refractivity (Wildman–Crippen MR) is 119 cm³/mol. The number of morpholine rings is 1. The van der Waals surface area contributed by atoms with E-state index >= 15 is 0 Å². The molecule has 3 aromatic rings. The number of benzene rings is 2. The Morgan fingerprint density at radius 2 is 1.83 bits per heavy atom. The number of ether oxygens (including phenoxy) is 1. The van der Waals surface area contributed by atoms with E-state index in [1.165, 1.54) is 18.5 Å². The van der Waals surface area contributed by atoms with Crippen LogP contribution in [-0.2, 0) is 11.3 Å². The molecule has 0 radical (unpaired) electrons. The molecule has 5 heteroatoms. The van der Waals surface area contributed by atoms with Gasteiger partial charge in [-0.25, -0.2) is 0 Å². The Kier molecular flexibility index (Phi) is 5.13. The number of fused-ring (bicyclic) bond motifs is 1. The quantitative estimate of drug-likeness (QED) is 0.642. The molecule has 1 amide bonds. The molecule has 5 nitrogen and oxygen atoms in total. The van der Waals surface area contributed by atoms with Crippen molar-refractivity contribution < 1.29 is 9.53 Å². The molecular formula is C25H27N3O2. The Bertz CT molecular complexity index is 1050. The van der Waals surface area contributed by atoms with Gasteiger partial charge in [0.05, 0.1) is 24.3 Å². The van der Waals surface area contributed by atoms with E-state index in [4.69, 9.17) is 9.72 Å². The lowest BCUT2D eigenvalue weighted by atomic mass is 10.0. The average Bonchev–Trinajstić information content (AvgIpc) is 3.64. The van der Waals surface area contributed by atoms with Crippen LogP contribution in [0.4, 0.5) is 5.69 Å². The molecule has 0 spiro atoms. The highest BCUT2D eigenvalue weighted by Gasteiger charge is 2.27. The van der Waals surface area contributed by atoms with E-state index in [-0.39, 0.29) is 5.91 Å². The van der Waals surface area contributed by atoms with Crippen LogP contribution >= 0.6 is 0 Å². The summed E-state index contributed by atoms with van der Waals surface area (Å²) in [5.41, 5.74) is 5.07. The highest BCUT2D eigenvalue weighted by molar-refractivity contribution is 6.06. The molecule has 0 bridgehead atoms. The van der Waals surface area contributed by atoms with Crippen LogP contribution in [0.15, 0.2) is 54.6 Å². The third-order valence-electron chi connectivity index (χ3n) is 6.04. The third kappa shape index (κ3) is 3.90. The number of carbonyl (C=O) groups excluding carboxylic acids is 1. The van der Waals surface area contributed by atoms with E-state index in [2.05, 4.69) is 29.2 Å². The van der Waals surface area contributed by atoms with E-state index in [1.54, 1.807) is 0 Å². The number of aromatic nitrogens is 1. The zero-order valence-electron chi connectivity index (χ0n) is 17.4. The fourth-order valence-electron chi connectivity index (χ4n) is 4.15. The Balaban J connectivity index is 1.35. The number of carbonyl (C=O) groups is 1. The Morgan fingerprint density at radius 1 is 1.10 bits per heavy atom. The molecule has 1 saturated carbocycles. The Hall–Kier alpha value is -2.92. The summed E-state index contributed by atoms with van der Waals surface area (Å²) in [6.45, 7) is 3.99. The van der Waals surface area contributed by atoms with Gasteiger partial charge in [0.15, 0.2) is 0 Å². The minimum Gasteiger partial charge on any atom is -0.378 e. The summed E-state index contributed by atoms with van der Waals surface area (Å²) in [6, 6.07) is 18.5. The highest BCUT2D eigenvalue weighted by Crippen LogP contribution is 2.40. The lowest BCUT2D eigenvalue weighted by molar-refractivity contribution is 0.0787. The SMILES string of the molecule is CN(Cc1ccc(N2CCOCC2)cc1)C(=O)c1cc(C2CC2)nc2ccccc12. The second-order valence-electron chi connectivity index (χ2n) is 8.31. The minimum absolute atomic E-state index is 0.0488. The van der Waals surface area contributed by atoms with Gasteiger partial charge < -0.3 is 14.5 Å². The second-order valence-corrected chi connectivity index (χ2v) is 8.31. The lowest BCUT2D eigenvalue weighted by Crippen LogP contribution is -2.36. The summed E-state index contributed by atoms with van der Waals surface area (Å²) in [6.07, 6.45) is 2.34. The van der Waals surface area contributed by atoms with Gasteiger partial charge in [0, 0.05) is 49.4 Å². The van der Waals surface area contributed by atoms with Crippen LogP contribution in [0.3, 0.4) is 0 Å². The monoisotopic (exact) mass is 401 g/mol. The summed E-state index contributed by atoms with van der Waals surface area (Å²) in [7, 11) is 1.88. The zero-order valence-corrected chi connectivity index (χ0v) is 17.4. The van der Waals surface area contributed by atoms with Gasteiger partial charge in [-0.2, -0.15) is 0 Å². The van der Waals surface area contributed by atoms with Gasteiger partial charge in [-0.1, -0.05) is 30.3 Å². The Morgan fingerprint density at radius 3 is 2.57 bits per heavy atom. The molecule has 2 fully saturated rings. The smallest absolute Gasteiger partial charge is 0.254 e. The molecule has 2 aromatic carbocycles. The summed E-state index contributed by atoms with van der Waals surface area (Å²) in [5.74, 6) is 0.562. The van der Waals surface area contributed by atoms with Crippen LogP contribution in [0, 0.1) is 0 Å². The fourth-order valence-corrected chi connectivity index (χ4v) is 4.15. The maximum absolute atomic E-state index is 13.3. The van der Waals surface area contributed by atoms with Crippen molar-refractivity contribution in [2.24, 2.45) is 0 Å². The number of hydrogen-bond donors (Lipinski definition) is 0. The molecule has 5 rings (SSSR count). The van der Waals surface area contributed by atoms with Crippen molar-refractivity contribution in [1.29, 1.82) is 0 Å². The van der Waals surface area contributed by atoms with Crippen molar-refractivity contribution in [3.8, 4) is 0 Å². The maximum Gasteiger partial charge on any atom is 0.254 e. The van der Waals surface area contributed by atoms with Gasteiger partial charge in [0.1, 0.15) is 0 Å². The molecule has 2 aliphatic rings. The molecule has 0 atom stereocenters. The minimum atomic E-state index is 0.0488. The first-order valence-electron chi connectivity index (χ1n) is 10.8. The van der Waals surface area contributed by atoms with Gasteiger partial charge in [-0.15, -0.1) is 0 Å². The van der Waals surface area contributed by atoms with Gasteiger partial charge >= 0.3 is 0 Å². The van der Waals surface area contributed by atoms with Crippen LogP contribution in [0.1, 0.15) is 40.4 Å². The number of anilines is 1. The normalized spacial score (nSPS) is 16.6. The van der Waals surface area contributed by atoms with E-state index in [1.807, 2.05) is 42.3 Å². The molecule has 1 aliphatic carbocycles. The first-order valence-corrected chi connectivity index (χ1v) is 10.8. The van der Waals surface area contributed by atoms with Gasteiger partial charge in [-0.3, -0.25) is 9.78 Å². The van der Waals surface area contributed by atoms with Gasteiger partial charge in [-0.05, 0) is 42.7 Å². The number of rotatable bonds is 5. The van der Waals surface area contributed by atoms with Crippen molar-refractivity contribution in [3.05, 3.63) is 71.4 Å². The fraction of sp³-hybridized carbons (Fsp3) is 0.360. The van der Waals surface area contributed by atoms with Crippen LogP contribution in [-0.4, -0.2) is 49.1 Å². The molecule has 30 heavy (non-hydrogen) atoms. The number of hydrogen-bond acceptors (Lipinski definition) is 4. The molecule has 1 aliphatic heterocycles. The topological polar surface area (TPSA) is 45.7 Å². The largest absolute Gasteiger partial charge is 0.378 e. The van der Waals surface area contributed by atoms with Crippen molar-refractivity contribution in [2.45, 2.75) is 25.3 Å². The van der Waals surface area contributed by atoms with Crippen molar-refractivity contribution in [3.63, 3.8) is 0 Å². The lowest BCUT2D eigenvalue weighted by Gasteiger charge is -2.29. The first-order chi connectivity index (χ1) is 14.7. The maximum atomic E-state index is 13.3. The average molecular weight is 402 g/mol.